The van der Waals surface area contributed by atoms with Crippen LogP contribution in [0.4, 0.5) is 11.4 Å². The van der Waals surface area contributed by atoms with E-state index in [1.807, 2.05) is 54.3 Å². The lowest BCUT2D eigenvalue weighted by Gasteiger charge is -2.20. The van der Waals surface area contributed by atoms with Gasteiger partial charge in [-0.2, -0.15) is 0 Å². The van der Waals surface area contributed by atoms with Crippen LogP contribution in [0.1, 0.15) is 58.8 Å². The van der Waals surface area contributed by atoms with Crippen LogP contribution >= 0.6 is 0 Å². The van der Waals surface area contributed by atoms with E-state index in [1.165, 1.54) is 11.1 Å². The first kappa shape index (κ1) is 31.2. The lowest BCUT2D eigenvalue weighted by atomic mass is 10.1. The monoisotopic (exact) mass is 647 g/mol. The highest BCUT2D eigenvalue weighted by molar-refractivity contribution is 6.04. The molecule has 5 heterocycles. The number of methoxy groups -OCH3 is 2. The molecule has 11 nitrogen and oxygen atoms in total. The third kappa shape index (κ3) is 5.80. The molecule has 0 spiro atoms. The number of amides is 2. The molecule has 0 radical (unpaired) electrons. The quantitative estimate of drug-likeness (QED) is 0.275. The number of benzene rings is 2. The van der Waals surface area contributed by atoms with Gasteiger partial charge >= 0.3 is 0 Å². The van der Waals surface area contributed by atoms with Gasteiger partial charge in [0.2, 0.25) is 0 Å². The van der Waals surface area contributed by atoms with Crippen molar-refractivity contribution in [2.24, 2.45) is 9.98 Å². The van der Waals surface area contributed by atoms with Gasteiger partial charge in [-0.15, -0.1) is 0 Å². The molecule has 4 aliphatic heterocycles. The zero-order valence-electron chi connectivity index (χ0n) is 27.4. The van der Waals surface area contributed by atoms with E-state index in [2.05, 4.69) is 22.1 Å². The first-order valence-electron chi connectivity index (χ1n) is 16.0. The number of hydrogen-bond donors (Lipinski definition) is 0. The van der Waals surface area contributed by atoms with Crippen LogP contribution in [0.25, 0.3) is 0 Å². The first-order chi connectivity index (χ1) is 23.4. The molecule has 2 fully saturated rings. The second-order valence-corrected chi connectivity index (χ2v) is 12.1. The highest BCUT2D eigenvalue weighted by Crippen LogP contribution is 2.40. The van der Waals surface area contributed by atoms with Gasteiger partial charge in [-0.25, -0.2) is 0 Å². The molecular weight excluding hydrogens is 610 g/mol. The van der Waals surface area contributed by atoms with Crippen molar-refractivity contribution in [3.8, 4) is 23.0 Å². The summed E-state index contributed by atoms with van der Waals surface area (Å²) in [6, 6.07) is 12.4. The third-order valence-electron chi connectivity index (χ3n) is 9.24. The van der Waals surface area contributed by atoms with E-state index in [1.54, 1.807) is 38.5 Å². The van der Waals surface area contributed by atoms with Crippen molar-refractivity contribution < 1.29 is 28.5 Å². The Kier molecular flexibility index (Phi) is 8.43. The predicted octanol–water partition coefficient (Wildman–Crippen LogP) is 6.01. The van der Waals surface area contributed by atoms with Gasteiger partial charge < -0.3 is 28.7 Å². The van der Waals surface area contributed by atoms with Gasteiger partial charge in [0.15, 0.2) is 23.0 Å². The number of rotatable bonds is 8. The zero-order valence-corrected chi connectivity index (χ0v) is 27.4. The Labute approximate surface area is 279 Å². The standard InChI is InChI=1S/C37H37N5O6/c1-5-22-10-26-16-38-30-14-34(32(45-3)12-28(30)36(43)41(26)18-22)47-20-24-8-7-9-25(40-24)21-48-35-15-31-29(13-33(35)46-4)37(44)42-19-23(6-2)11-27(42)17-39-31/h5-9,12-17,26-27H,10-11,18-21H2,1-4H3/t26-,27-/m0/s1. The topological polar surface area (TPSA) is 115 Å². The molecule has 48 heavy (non-hydrogen) atoms. The van der Waals surface area contributed by atoms with Crippen LogP contribution in [-0.4, -0.2) is 78.4 Å². The number of allylic oxidation sites excluding steroid dienone is 2. The summed E-state index contributed by atoms with van der Waals surface area (Å²) in [6.45, 7) is 5.51. The molecule has 7 rings (SSSR count). The SMILES string of the molecule is CC=C1C[C@H]2C=Nc3cc(OCc4cccc(COc5cc6c(cc5OC)C(=O)N5CC(=CC)C[C@H]5C=N6)n4)c(OC)cc3C(=O)N2C1. The minimum Gasteiger partial charge on any atom is -0.493 e. The van der Waals surface area contributed by atoms with Crippen molar-refractivity contribution in [2.75, 3.05) is 27.3 Å². The van der Waals surface area contributed by atoms with E-state index >= 15 is 0 Å². The van der Waals surface area contributed by atoms with E-state index in [4.69, 9.17) is 23.9 Å². The van der Waals surface area contributed by atoms with Gasteiger partial charge in [-0.3, -0.25) is 24.6 Å². The second kappa shape index (κ2) is 13.0. The fourth-order valence-corrected chi connectivity index (χ4v) is 6.52. The number of pyridine rings is 1. The van der Waals surface area contributed by atoms with E-state index in [-0.39, 0.29) is 37.1 Å². The summed E-state index contributed by atoms with van der Waals surface area (Å²) < 4.78 is 23.5. The van der Waals surface area contributed by atoms with Crippen molar-refractivity contribution in [1.29, 1.82) is 0 Å². The van der Waals surface area contributed by atoms with Gasteiger partial charge in [0, 0.05) is 37.7 Å². The van der Waals surface area contributed by atoms with Gasteiger partial charge in [0.25, 0.3) is 11.8 Å². The molecule has 2 aromatic carbocycles. The molecule has 2 atom stereocenters. The highest BCUT2D eigenvalue weighted by atomic mass is 16.5. The van der Waals surface area contributed by atoms with Crippen molar-refractivity contribution in [1.82, 2.24) is 14.8 Å². The molecule has 3 aromatic rings. The van der Waals surface area contributed by atoms with Crippen LogP contribution in [0.5, 0.6) is 23.0 Å². The molecule has 0 saturated carbocycles. The lowest BCUT2D eigenvalue weighted by molar-refractivity contribution is 0.0769. The van der Waals surface area contributed by atoms with Crippen LogP contribution < -0.4 is 18.9 Å². The summed E-state index contributed by atoms with van der Waals surface area (Å²) in [4.78, 5) is 44.5. The molecule has 0 bridgehead atoms. The van der Waals surface area contributed by atoms with Gasteiger partial charge in [-0.1, -0.05) is 29.4 Å². The van der Waals surface area contributed by atoms with E-state index in [0.717, 1.165) is 12.8 Å². The fraction of sp³-hybridized carbons (Fsp3) is 0.324. The lowest BCUT2D eigenvalue weighted by Crippen LogP contribution is -2.35. The average Bonchev–Trinajstić information content (AvgIpc) is 3.68. The number of nitrogens with zero attached hydrogens (tertiary/aromatic N) is 5. The molecular formula is C37H37N5O6. The van der Waals surface area contributed by atoms with Crippen molar-refractivity contribution in [2.45, 2.75) is 52.0 Å². The molecule has 1 aromatic heterocycles. The average molecular weight is 648 g/mol. The minimum absolute atomic E-state index is 0.0638. The maximum atomic E-state index is 13.4. The number of hydrogen-bond acceptors (Lipinski definition) is 9. The number of ether oxygens (including phenoxy) is 4. The summed E-state index contributed by atoms with van der Waals surface area (Å²) >= 11 is 0. The maximum absolute atomic E-state index is 13.4. The number of aromatic nitrogens is 1. The van der Waals surface area contributed by atoms with Gasteiger partial charge in [0.05, 0.1) is 60.2 Å². The highest BCUT2D eigenvalue weighted by Gasteiger charge is 2.36. The molecule has 11 heteroatoms. The van der Waals surface area contributed by atoms with Crippen molar-refractivity contribution >= 4 is 35.6 Å². The van der Waals surface area contributed by atoms with E-state index < -0.39 is 0 Å². The van der Waals surface area contributed by atoms with Gasteiger partial charge in [0.1, 0.15) is 13.2 Å². The zero-order chi connectivity index (χ0) is 33.4. The first-order valence-corrected chi connectivity index (χ1v) is 16.0. The Morgan fingerprint density at radius 1 is 0.708 bits per heavy atom. The Morgan fingerprint density at radius 3 is 1.58 bits per heavy atom. The normalized spacial score (nSPS) is 21.1. The Bertz CT molecular complexity index is 1780. The van der Waals surface area contributed by atoms with Crippen LogP contribution in [0.2, 0.25) is 0 Å². The molecule has 0 N–H and O–H groups in total. The second-order valence-electron chi connectivity index (χ2n) is 12.1. The summed E-state index contributed by atoms with van der Waals surface area (Å²) in [7, 11) is 3.10. The van der Waals surface area contributed by atoms with Crippen LogP contribution in [0, 0.1) is 0 Å². The van der Waals surface area contributed by atoms with Gasteiger partial charge in [-0.05, 0) is 51.0 Å². The smallest absolute Gasteiger partial charge is 0.257 e. The Balaban J connectivity index is 1.05. The summed E-state index contributed by atoms with van der Waals surface area (Å²) in [6.07, 6.45) is 9.39. The minimum atomic E-state index is -0.0728. The summed E-state index contributed by atoms with van der Waals surface area (Å²) in [5.74, 6) is 1.67. The largest absolute Gasteiger partial charge is 0.493 e. The fourth-order valence-electron chi connectivity index (χ4n) is 6.52. The molecule has 2 amide bonds. The van der Waals surface area contributed by atoms with E-state index in [0.29, 0.717) is 70.0 Å². The van der Waals surface area contributed by atoms with Crippen LogP contribution in [0.3, 0.4) is 0 Å². The molecule has 0 aliphatic carbocycles. The third-order valence-corrected chi connectivity index (χ3v) is 9.24. The Morgan fingerprint density at radius 2 is 1.17 bits per heavy atom. The molecule has 246 valence electrons. The van der Waals surface area contributed by atoms with Crippen LogP contribution in [-0.2, 0) is 13.2 Å². The molecule has 4 aliphatic rings. The predicted molar refractivity (Wildman–Crippen MR) is 182 cm³/mol. The summed E-state index contributed by atoms with van der Waals surface area (Å²) in [5.41, 5.74) is 5.87. The van der Waals surface area contributed by atoms with Crippen LogP contribution in [0.15, 0.2) is 75.7 Å². The molecule has 0 unspecified atom stereocenters. The van der Waals surface area contributed by atoms with Crippen molar-refractivity contribution in [3.05, 3.63) is 88.3 Å². The Hall–Kier alpha value is -5.45. The number of aliphatic imine (C=N–C) groups is 2. The summed E-state index contributed by atoms with van der Waals surface area (Å²) in [5, 5.41) is 0. The molecule has 2 saturated heterocycles. The maximum Gasteiger partial charge on any atom is 0.257 e. The number of fused-ring (bicyclic) bond motifs is 4. The van der Waals surface area contributed by atoms with Crippen molar-refractivity contribution in [3.63, 3.8) is 0 Å². The number of carbonyl (C=O) groups excluding carboxylic acids is 2. The van der Waals surface area contributed by atoms with E-state index in [9.17, 15) is 9.59 Å². The number of carbonyl (C=O) groups is 2.